The van der Waals surface area contributed by atoms with Crippen molar-refractivity contribution >= 4 is 40.9 Å². The van der Waals surface area contributed by atoms with Crippen molar-refractivity contribution in [1.82, 2.24) is 10.2 Å². The number of amides is 1. The van der Waals surface area contributed by atoms with Crippen LogP contribution in [0, 0.1) is 9.39 Å². The average Bonchev–Trinajstić information content (AvgIpc) is 2.29. The third-order valence-corrected chi connectivity index (χ3v) is 3.46. The zero-order chi connectivity index (χ0) is 11.5. The summed E-state index contributed by atoms with van der Waals surface area (Å²) in [6, 6.07) is 4.27. The molecular formula is C11H13ClFIN2O. The Labute approximate surface area is 119 Å². The highest BCUT2D eigenvalue weighted by atomic mass is 127. The standard InChI is InChI=1S/C11H12FIN2O.ClH/c12-8-1-2-9(10(13)7-8)11(16)15-5-3-14-4-6-15;/h1-2,7,14H,3-6H2;1H. The molecule has 0 atom stereocenters. The Morgan fingerprint density at radius 1 is 1.35 bits per heavy atom. The van der Waals surface area contributed by atoms with Crippen molar-refractivity contribution in [3.8, 4) is 0 Å². The molecule has 1 aromatic carbocycles. The van der Waals surface area contributed by atoms with Gasteiger partial charge < -0.3 is 10.2 Å². The minimum Gasteiger partial charge on any atom is -0.336 e. The first-order valence-corrected chi connectivity index (χ1v) is 6.21. The summed E-state index contributed by atoms with van der Waals surface area (Å²) in [5.74, 6) is -0.313. The fourth-order valence-electron chi connectivity index (χ4n) is 1.70. The normalized spacial score (nSPS) is 15.3. The van der Waals surface area contributed by atoms with Gasteiger partial charge in [-0.3, -0.25) is 4.79 Å². The van der Waals surface area contributed by atoms with Gasteiger partial charge in [0.15, 0.2) is 0 Å². The summed E-state index contributed by atoms with van der Waals surface area (Å²) >= 11 is 1.99. The number of carbonyl (C=O) groups is 1. The smallest absolute Gasteiger partial charge is 0.255 e. The summed E-state index contributed by atoms with van der Waals surface area (Å²) in [7, 11) is 0. The van der Waals surface area contributed by atoms with E-state index >= 15 is 0 Å². The van der Waals surface area contributed by atoms with Gasteiger partial charge >= 0.3 is 0 Å². The van der Waals surface area contributed by atoms with Gasteiger partial charge in [0.25, 0.3) is 5.91 Å². The minimum absolute atomic E-state index is 0. The number of carbonyl (C=O) groups excluding carboxylic acids is 1. The first-order valence-electron chi connectivity index (χ1n) is 5.13. The second-order valence-electron chi connectivity index (χ2n) is 3.67. The van der Waals surface area contributed by atoms with Crippen LogP contribution in [0.5, 0.6) is 0 Å². The highest BCUT2D eigenvalue weighted by Crippen LogP contribution is 2.16. The van der Waals surface area contributed by atoms with E-state index in [1.807, 2.05) is 22.6 Å². The van der Waals surface area contributed by atoms with Crippen LogP contribution in [0.25, 0.3) is 0 Å². The molecule has 0 unspecified atom stereocenters. The SMILES string of the molecule is Cl.O=C(c1ccc(F)cc1I)N1CCNCC1. The van der Waals surface area contributed by atoms with E-state index in [4.69, 9.17) is 0 Å². The molecule has 1 aliphatic rings. The molecule has 2 rings (SSSR count). The Bertz CT molecular complexity index is 410. The van der Waals surface area contributed by atoms with Crippen molar-refractivity contribution in [3.63, 3.8) is 0 Å². The number of benzene rings is 1. The van der Waals surface area contributed by atoms with E-state index in [0.29, 0.717) is 22.2 Å². The van der Waals surface area contributed by atoms with Crippen LogP contribution in [0.1, 0.15) is 10.4 Å². The number of nitrogens with one attached hydrogen (secondary N) is 1. The van der Waals surface area contributed by atoms with Gasteiger partial charge in [-0.1, -0.05) is 0 Å². The van der Waals surface area contributed by atoms with E-state index in [0.717, 1.165) is 13.1 Å². The molecule has 1 aliphatic heterocycles. The zero-order valence-electron chi connectivity index (χ0n) is 9.08. The molecule has 0 spiro atoms. The van der Waals surface area contributed by atoms with Gasteiger partial charge in [0.2, 0.25) is 0 Å². The fraction of sp³-hybridized carbons (Fsp3) is 0.364. The van der Waals surface area contributed by atoms with Crippen LogP contribution in [-0.2, 0) is 0 Å². The van der Waals surface area contributed by atoms with Crippen molar-refractivity contribution in [2.24, 2.45) is 0 Å². The molecule has 1 amide bonds. The predicted molar refractivity (Wildman–Crippen MR) is 75.1 cm³/mol. The van der Waals surface area contributed by atoms with Crippen molar-refractivity contribution < 1.29 is 9.18 Å². The highest BCUT2D eigenvalue weighted by molar-refractivity contribution is 14.1. The van der Waals surface area contributed by atoms with Crippen LogP contribution < -0.4 is 5.32 Å². The van der Waals surface area contributed by atoms with Gasteiger partial charge in [0, 0.05) is 29.7 Å². The van der Waals surface area contributed by atoms with Crippen LogP contribution in [0.4, 0.5) is 4.39 Å². The Hall–Kier alpha value is -0.400. The van der Waals surface area contributed by atoms with E-state index in [1.165, 1.54) is 12.1 Å². The number of hydrogen-bond acceptors (Lipinski definition) is 2. The summed E-state index contributed by atoms with van der Waals surface area (Å²) in [6.45, 7) is 3.08. The molecule has 0 aliphatic carbocycles. The van der Waals surface area contributed by atoms with Crippen molar-refractivity contribution in [1.29, 1.82) is 0 Å². The largest absolute Gasteiger partial charge is 0.336 e. The monoisotopic (exact) mass is 370 g/mol. The zero-order valence-corrected chi connectivity index (χ0v) is 12.1. The lowest BCUT2D eigenvalue weighted by Gasteiger charge is -2.27. The van der Waals surface area contributed by atoms with Crippen molar-refractivity contribution in [2.75, 3.05) is 26.2 Å². The second kappa shape index (κ2) is 6.51. The van der Waals surface area contributed by atoms with E-state index in [9.17, 15) is 9.18 Å². The van der Waals surface area contributed by atoms with Gasteiger partial charge in [-0.2, -0.15) is 0 Å². The first kappa shape index (κ1) is 14.7. The quantitative estimate of drug-likeness (QED) is 0.766. The number of hydrogen-bond donors (Lipinski definition) is 1. The Balaban J connectivity index is 0.00000144. The molecule has 1 N–H and O–H groups in total. The third kappa shape index (κ3) is 3.53. The van der Waals surface area contributed by atoms with Crippen LogP contribution in [0.3, 0.4) is 0 Å². The van der Waals surface area contributed by atoms with E-state index < -0.39 is 0 Å². The molecule has 6 heteroatoms. The van der Waals surface area contributed by atoms with Gasteiger partial charge in [0.05, 0.1) is 5.56 Å². The first-order chi connectivity index (χ1) is 7.68. The topological polar surface area (TPSA) is 32.3 Å². The molecule has 0 saturated carbocycles. The molecule has 0 bridgehead atoms. The summed E-state index contributed by atoms with van der Waals surface area (Å²) in [6.07, 6.45) is 0. The third-order valence-electron chi connectivity index (χ3n) is 2.57. The summed E-state index contributed by atoms with van der Waals surface area (Å²) in [5.41, 5.74) is 0.587. The fourth-order valence-corrected chi connectivity index (χ4v) is 2.41. The molecule has 1 fully saturated rings. The van der Waals surface area contributed by atoms with Crippen molar-refractivity contribution in [3.05, 3.63) is 33.1 Å². The van der Waals surface area contributed by atoms with Gasteiger partial charge in [0.1, 0.15) is 5.82 Å². The van der Waals surface area contributed by atoms with Gasteiger partial charge in [-0.15, -0.1) is 12.4 Å². The average molecular weight is 371 g/mol. The maximum absolute atomic E-state index is 12.9. The van der Waals surface area contributed by atoms with Gasteiger partial charge in [-0.25, -0.2) is 4.39 Å². The lowest BCUT2D eigenvalue weighted by atomic mass is 10.2. The van der Waals surface area contributed by atoms with Gasteiger partial charge in [-0.05, 0) is 40.8 Å². The van der Waals surface area contributed by atoms with Crippen LogP contribution in [0.15, 0.2) is 18.2 Å². The van der Waals surface area contributed by atoms with Crippen molar-refractivity contribution in [2.45, 2.75) is 0 Å². The van der Waals surface area contributed by atoms with Crippen LogP contribution >= 0.6 is 35.0 Å². The molecular weight excluding hydrogens is 357 g/mol. The summed E-state index contributed by atoms with van der Waals surface area (Å²) in [5, 5.41) is 3.19. The molecule has 17 heavy (non-hydrogen) atoms. The second-order valence-corrected chi connectivity index (χ2v) is 4.83. The van der Waals surface area contributed by atoms with Crippen LogP contribution in [0.2, 0.25) is 0 Å². The number of rotatable bonds is 1. The number of halogens is 3. The van der Waals surface area contributed by atoms with E-state index in [2.05, 4.69) is 5.32 Å². The van der Waals surface area contributed by atoms with E-state index in [-0.39, 0.29) is 24.1 Å². The molecule has 1 heterocycles. The van der Waals surface area contributed by atoms with E-state index in [1.54, 1.807) is 11.0 Å². The Morgan fingerprint density at radius 3 is 2.59 bits per heavy atom. The Kier molecular flexibility index (Phi) is 5.61. The number of nitrogens with zero attached hydrogens (tertiary/aromatic N) is 1. The minimum atomic E-state index is -0.304. The highest BCUT2D eigenvalue weighted by Gasteiger charge is 2.19. The molecule has 0 radical (unpaired) electrons. The maximum atomic E-state index is 12.9. The summed E-state index contributed by atoms with van der Waals surface area (Å²) in [4.78, 5) is 13.9. The summed E-state index contributed by atoms with van der Waals surface area (Å²) < 4.78 is 13.6. The number of piperazine rings is 1. The molecule has 1 saturated heterocycles. The molecule has 1 aromatic rings. The molecule has 0 aromatic heterocycles. The van der Waals surface area contributed by atoms with Crippen LogP contribution in [-0.4, -0.2) is 37.0 Å². The lowest BCUT2D eigenvalue weighted by Crippen LogP contribution is -2.46. The predicted octanol–water partition coefficient (Wildman–Crippen LogP) is 1.90. The molecule has 94 valence electrons. The molecule has 3 nitrogen and oxygen atoms in total. The maximum Gasteiger partial charge on any atom is 0.255 e. The Morgan fingerprint density at radius 2 is 2.00 bits per heavy atom. The lowest BCUT2D eigenvalue weighted by molar-refractivity contribution is 0.0734.